The highest BCUT2D eigenvalue weighted by atomic mass is 19.4. The smallest absolute Gasteiger partial charge is 0.416 e. The molecule has 1 fully saturated rings. The number of benzene rings is 3. The number of alkyl halides is 3. The molecule has 1 unspecified atom stereocenters. The van der Waals surface area contributed by atoms with Gasteiger partial charge in [0.1, 0.15) is 17.3 Å². The van der Waals surface area contributed by atoms with Gasteiger partial charge in [0.15, 0.2) is 0 Å². The van der Waals surface area contributed by atoms with E-state index in [0.29, 0.717) is 26.2 Å². The van der Waals surface area contributed by atoms with Crippen molar-refractivity contribution in [3.8, 4) is 5.75 Å². The maximum atomic E-state index is 15.1. The Bertz CT molecular complexity index is 1450. The number of fused-ring (bicyclic) bond motifs is 1. The van der Waals surface area contributed by atoms with Crippen LogP contribution in [0.5, 0.6) is 5.75 Å². The van der Waals surface area contributed by atoms with Crippen molar-refractivity contribution >= 4 is 29.0 Å². The quantitative estimate of drug-likeness (QED) is 0.426. The zero-order valence-electron chi connectivity index (χ0n) is 21.9. The molecular weight excluding hydrogens is 528 g/mol. The van der Waals surface area contributed by atoms with Crippen molar-refractivity contribution in [3.63, 3.8) is 0 Å². The fraction of sp³-hybridized carbons (Fsp3) is 0.310. The van der Waals surface area contributed by atoms with Gasteiger partial charge in [-0.3, -0.25) is 0 Å². The summed E-state index contributed by atoms with van der Waals surface area (Å²) in [6, 6.07) is 14.1. The van der Waals surface area contributed by atoms with E-state index in [1.165, 1.54) is 36.3 Å². The van der Waals surface area contributed by atoms with Crippen LogP contribution in [-0.4, -0.2) is 50.1 Å². The van der Waals surface area contributed by atoms with E-state index in [1.54, 1.807) is 0 Å². The molecule has 7 nitrogen and oxygen atoms in total. The Hall–Kier alpha value is -4.28. The summed E-state index contributed by atoms with van der Waals surface area (Å²) in [6.07, 6.45) is -5.28. The molecule has 0 N–H and O–H groups in total. The molecule has 11 heteroatoms. The zero-order valence-corrected chi connectivity index (χ0v) is 21.9. The molecule has 0 aromatic heterocycles. The molecule has 2 aliphatic heterocycles. The Balaban J connectivity index is 1.62. The number of anilines is 2. The number of hydrogen-bond acceptors (Lipinski definition) is 7. The first-order chi connectivity index (χ1) is 19.1. The van der Waals surface area contributed by atoms with Gasteiger partial charge in [-0.2, -0.15) is 13.2 Å². The highest BCUT2D eigenvalue weighted by Gasteiger charge is 2.39. The molecule has 40 heavy (non-hydrogen) atoms. The second-order valence-corrected chi connectivity index (χ2v) is 9.75. The molecule has 0 bridgehead atoms. The molecule has 0 aliphatic carbocycles. The van der Waals surface area contributed by atoms with E-state index in [9.17, 15) is 23.1 Å². The van der Waals surface area contributed by atoms with Crippen LogP contribution in [-0.2, 0) is 11.0 Å². The van der Waals surface area contributed by atoms with Crippen molar-refractivity contribution in [2.45, 2.75) is 25.6 Å². The number of carboxylic acids is 1. The Morgan fingerprint density at radius 3 is 2.38 bits per heavy atom. The van der Waals surface area contributed by atoms with Gasteiger partial charge in [0.2, 0.25) is 5.96 Å². The van der Waals surface area contributed by atoms with Gasteiger partial charge in [-0.15, -0.1) is 0 Å². The van der Waals surface area contributed by atoms with Crippen LogP contribution in [0.2, 0.25) is 0 Å². The van der Waals surface area contributed by atoms with Crippen molar-refractivity contribution in [1.82, 2.24) is 4.90 Å². The number of guanidine groups is 1. The Kier molecular flexibility index (Phi) is 7.31. The van der Waals surface area contributed by atoms with Crippen molar-refractivity contribution < 1.29 is 32.2 Å². The summed E-state index contributed by atoms with van der Waals surface area (Å²) < 4.78 is 61.9. The lowest BCUT2D eigenvalue weighted by molar-refractivity contribution is -0.306. The van der Waals surface area contributed by atoms with Gasteiger partial charge in [0.05, 0.1) is 24.4 Å². The third-order valence-electron chi connectivity index (χ3n) is 7.17. The highest BCUT2D eigenvalue weighted by Crippen LogP contribution is 2.46. The molecule has 0 saturated carbocycles. The number of carboxylic acid groups (broad SMARTS) is 1. The van der Waals surface area contributed by atoms with Crippen LogP contribution in [0.3, 0.4) is 0 Å². The second-order valence-electron chi connectivity index (χ2n) is 9.75. The normalized spacial score (nSPS) is 17.4. The summed E-state index contributed by atoms with van der Waals surface area (Å²) in [6.45, 7) is 3.94. The molecule has 0 amide bonds. The largest absolute Gasteiger partial charge is 0.550 e. The van der Waals surface area contributed by atoms with E-state index in [2.05, 4.69) is 16.0 Å². The number of methoxy groups -OCH3 is 1. The predicted octanol–water partition coefficient (Wildman–Crippen LogP) is 4.67. The predicted molar refractivity (Wildman–Crippen MR) is 141 cm³/mol. The highest BCUT2D eigenvalue weighted by molar-refractivity contribution is 6.02. The van der Waals surface area contributed by atoms with Gasteiger partial charge in [-0.05, 0) is 48.9 Å². The minimum absolute atomic E-state index is 0.0293. The number of aliphatic imine (C=N–C) groups is 1. The molecule has 210 valence electrons. The SMILES string of the molecule is COc1ccc(C(F)(F)F)cc1N1C(N2CCN(c3cccc(C)c3)CC2)=Nc2c(F)cccc2C1CC(=O)[O-]. The summed E-state index contributed by atoms with van der Waals surface area (Å²) in [7, 11) is 1.31. The van der Waals surface area contributed by atoms with Crippen LogP contribution in [0, 0.1) is 12.7 Å². The van der Waals surface area contributed by atoms with Gasteiger partial charge in [-0.1, -0.05) is 24.3 Å². The van der Waals surface area contributed by atoms with E-state index in [-0.39, 0.29) is 28.6 Å². The van der Waals surface area contributed by atoms with Crippen LogP contribution in [0.1, 0.15) is 29.2 Å². The van der Waals surface area contributed by atoms with Gasteiger partial charge >= 0.3 is 6.18 Å². The first-order valence-electron chi connectivity index (χ1n) is 12.7. The molecule has 0 spiro atoms. The lowest BCUT2D eigenvalue weighted by Crippen LogP contribution is -2.55. The second kappa shape index (κ2) is 10.7. The van der Waals surface area contributed by atoms with Gasteiger partial charge in [-0.25, -0.2) is 9.38 Å². The van der Waals surface area contributed by atoms with Crippen LogP contribution in [0.4, 0.5) is 34.6 Å². The summed E-state index contributed by atoms with van der Waals surface area (Å²) >= 11 is 0. The summed E-state index contributed by atoms with van der Waals surface area (Å²) in [4.78, 5) is 21.9. The molecule has 0 radical (unpaired) electrons. The van der Waals surface area contributed by atoms with Crippen LogP contribution >= 0.6 is 0 Å². The van der Waals surface area contributed by atoms with E-state index >= 15 is 4.39 Å². The summed E-state index contributed by atoms with van der Waals surface area (Å²) in [5.41, 5.74) is 1.35. The fourth-order valence-corrected chi connectivity index (χ4v) is 5.25. The molecule has 1 atom stereocenters. The van der Waals surface area contributed by atoms with Gasteiger partial charge in [0, 0.05) is 49.8 Å². The maximum absolute atomic E-state index is 15.1. The van der Waals surface area contributed by atoms with E-state index < -0.39 is 36.0 Å². The Morgan fingerprint density at radius 1 is 1.02 bits per heavy atom. The van der Waals surface area contributed by atoms with Crippen molar-refractivity contribution in [2.24, 2.45) is 4.99 Å². The van der Waals surface area contributed by atoms with E-state index in [1.807, 2.05) is 30.0 Å². The van der Waals surface area contributed by atoms with Crippen molar-refractivity contribution in [1.29, 1.82) is 0 Å². The lowest BCUT2D eigenvalue weighted by atomic mass is 9.96. The van der Waals surface area contributed by atoms with Crippen molar-refractivity contribution in [2.75, 3.05) is 43.1 Å². The number of aliphatic carboxylic acids is 1. The van der Waals surface area contributed by atoms with Gasteiger partial charge in [0.25, 0.3) is 0 Å². The number of aryl methyl sites for hydroxylation is 1. The molecule has 1 saturated heterocycles. The molecule has 2 heterocycles. The lowest BCUT2D eigenvalue weighted by Gasteiger charge is -2.45. The number of halogens is 4. The van der Waals surface area contributed by atoms with Crippen molar-refractivity contribution in [3.05, 3.63) is 83.2 Å². The molecule has 3 aromatic carbocycles. The number of hydrogen-bond donors (Lipinski definition) is 0. The first-order valence-corrected chi connectivity index (χ1v) is 12.7. The minimum atomic E-state index is -4.67. The fourth-order valence-electron chi connectivity index (χ4n) is 5.25. The third-order valence-corrected chi connectivity index (χ3v) is 7.17. The maximum Gasteiger partial charge on any atom is 0.416 e. The number of carbonyl (C=O) groups excluding carboxylic acids is 1. The Morgan fingerprint density at radius 2 is 1.73 bits per heavy atom. The number of nitrogens with zero attached hydrogens (tertiary/aromatic N) is 4. The average molecular weight is 556 g/mol. The van der Waals surface area contributed by atoms with E-state index in [0.717, 1.165) is 23.4 Å². The third kappa shape index (κ3) is 5.28. The monoisotopic (exact) mass is 555 g/mol. The minimum Gasteiger partial charge on any atom is -0.550 e. The topological polar surface area (TPSA) is 71.4 Å². The first kappa shape index (κ1) is 27.3. The summed E-state index contributed by atoms with van der Waals surface area (Å²) in [5, 5.41) is 11.9. The standard InChI is InChI=1S/C29H28F4N4O3/c1-18-5-3-6-20(15-18)35-11-13-36(14-12-35)28-34-27-21(7-4-8-22(27)30)23(17-26(38)39)37(28)24-16-19(29(31,32)33)9-10-25(24)40-2/h3-10,15-16,23H,11-14,17H2,1-2H3,(H,38,39)/p-1. The van der Waals surface area contributed by atoms with E-state index in [4.69, 9.17) is 4.74 Å². The summed E-state index contributed by atoms with van der Waals surface area (Å²) in [5.74, 6) is -1.87. The average Bonchev–Trinajstić information content (AvgIpc) is 2.92. The Labute approximate surface area is 228 Å². The van der Waals surface area contributed by atoms with Crippen LogP contribution in [0.15, 0.2) is 65.7 Å². The number of ether oxygens (including phenoxy) is 1. The number of rotatable bonds is 5. The van der Waals surface area contributed by atoms with Gasteiger partial charge < -0.3 is 29.3 Å². The van der Waals surface area contributed by atoms with Crippen LogP contribution in [0.25, 0.3) is 0 Å². The number of carbonyl (C=O) groups is 1. The molecule has 5 rings (SSSR count). The van der Waals surface area contributed by atoms with Crippen LogP contribution < -0.4 is 19.6 Å². The zero-order chi connectivity index (χ0) is 28.6. The molecule has 2 aliphatic rings. The number of para-hydroxylation sites is 1. The molecule has 3 aromatic rings. The number of piperazine rings is 1. The molecular formula is C29H27F4N4O3-.